The first-order valence-electron chi connectivity index (χ1n) is 9.01. The molecule has 0 saturated carbocycles. The van der Waals surface area contributed by atoms with Gasteiger partial charge in [0.2, 0.25) is 5.91 Å². The molecule has 1 amide bonds. The van der Waals surface area contributed by atoms with Crippen molar-refractivity contribution < 1.29 is 13.6 Å². The van der Waals surface area contributed by atoms with Gasteiger partial charge in [0.1, 0.15) is 5.82 Å². The smallest absolute Gasteiger partial charge is 0.234 e. The summed E-state index contributed by atoms with van der Waals surface area (Å²) in [5.74, 6) is -0.667. The first-order chi connectivity index (χ1) is 11.9. The summed E-state index contributed by atoms with van der Waals surface area (Å²) in [6.07, 6.45) is 0.836. The highest BCUT2D eigenvalue weighted by Crippen LogP contribution is 2.36. The molecule has 4 nitrogen and oxygen atoms in total. The van der Waals surface area contributed by atoms with E-state index in [9.17, 15) is 9.18 Å². The summed E-state index contributed by atoms with van der Waals surface area (Å²) in [5.41, 5.74) is 0.377. The lowest BCUT2D eigenvalue weighted by Crippen LogP contribution is -2.42. The maximum atomic E-state index is 13.8. The third-order valence-electron chi connectivity index (χ3n) is 4.94. The van der Waals surface area contributed by atoms with E-state index in [1.165, 1.54) is 6.07 Å². The molecule has 148 valence electrons. The molecule has 0 aliphatic rings. The number of hydrogen-bond donors (Lipinski definition) is 2. The molecule has 0 heterocycles. The molecule has 1 rings (SSSR count). The molecule has 1 aromatic carbocycles. The van der Waals surface area contributed by atoms with Gasteiger partial charge in [-0.2, -0.15) is 0 Å². The minimum absolute atomic E-state index is 0.0604. The maximum absolute atomic E-state index is 13.8. The summed E-state index contributed by atoms with van der Waals surface area (Å²) in [6.45, 7) is 14.1. The highest BCUT2D eigenvalue weighted by Gasteiger charge is 2.36. The number of hydrogen-bond acceptors (Lipinski definition) is 3. The van der Waals surface area contributed by atoms with Crippen molar-refractivity contribution in [2.75, 3.05) is 13.2 Å². The Morgan fingerprint density at radius 3 is 2.62 bits per heavy atom. The van der Waals surface area contributed by atoms with E-state index in [4.69, 9.17) is 16.0 Å². The van der Waals surface area contributed by atoms with Crippen molar-refractivity contribution in [3.63, 3.8) is 0 Å². The molecule has 1 atom stereocenters. The van der Waals surface area contributed by atoms with E-state index < -0.39 is 14.1 Å². The molecule has 26 heavy (non-hydrogen) atoms. The van der Waals surface area contributed by atoms with Gasteiger partial charge in [-0.15, -0.1) is 0 Å². The van der Waals surface area contributed by atoms with Crippen LogP contribution >= 0.6 is 11.6 Å². The van der Waals surface area contributed by atoms with Crippen molar-refractivity contribution in [2.24, 2.45) is 0 Å². The Hall–Kier alpha value is -0.953. The maximum Gasteiger partial charge on any atom is 0.234 e. The van der Waals surface area contributed by atoms with E-state index >= 15 is 0 Å². The zero-order valence-corrected chi connectivity index (χ0v) is 18.5. The number of carbonyl (C=O) groups excluding carboxylic acids is 1. The van der Waals surface area contributed by atoms with Gasteiger partial charge in [-0.25, -0.2) is 4.39 Å². The van der Waals surface area contributed by atoms with Crippen molar-refractivity contribution in [1.82, 2.24) is 10.6 Å². The van der Waals surface area contributed by atoms with E-state index in [0.717, 1.165) is 6.42 Å². The van der Waals surface area contributed by atoms with Crippen LogP contribution in [0.5, 0.6) is 0 Å². The Morgan fingerprint density at radius 2 is 2.00 bits per heavy atom. The third-order valence-corrected chi connectivity index (χ3v) is 9.77. The second kappa shape index (κ2) is 9.83. The Labute approximate surface area is 163 Å². The van der Waals surface area contributed by atoms with Gasteiger partial charge in [0.25, 0.3) is 0 Å². The molecule has 7 heteroatoms. The van der Waals surface area contributed by atoms with Gasteiger partial charge in [-0.05, 0) is 37.5 Å². The lowest BCUT2D eigenvalue weighted by molar-refractivity contribution is -0.120. The van der Waals surface area contributed by atoms with Crippen LogP contribution in [0.2, 0.25) is 23.2 Å². The molecule has 0 aliphatic heterocycles. The van der Waals surface area contributed by atoms with E-state index in [1.807, 2.05) is 6.92 Å². The van der Waals surface area contributed by atoms with Crippen LogP contribution in [-0.2, 0) is 15.8 Å². The second-order valence-corrected chi connectivity index (χ2v) is 13.4. The Bertz CT molecular complexity index is 606. The van der Waals surface area contributed by atoms with E-state index in [0.29, 0.717) is 12.2 Å². The van der Waals surface area contributed by atoms with Crippen LogP contribution in [0, 0.1) is 5.82 Å². The first-order valence-corrected chi connectivity index (χ1v) is 12.3. The van der Waals surface area contributed by atoms with Crippen LogP contribution in [0.1, 0.15) is 39.7 Å². The molecule has 0 radical (unpaired) electrons. The molecule has 2 N–H and O–H groups in total. The van der Waals surface area contributed by atoms with Crippen LogP contribution < -0.4 is 10.6 Å². The lowest BCUT2D eigenvalue weighted by atomic mass is 10.2. The fourth-order valence-corrected chi connectivity index (χ4v) is 3.27. The summed E-state index contributed by atoms with van der Waals surface area (Å²) in [7, 11) is -1.73. The summed E-state index contributed by atoms with van der Waals surface area (Å²) in [6, 6.07) is 4.91. The van der Waals surface area contributed by atoms with Gasteiger partial charge in [-0.3, -0.25) is 4.79 Å². The monoisotopic (exact) mass is 402 g/mol. The summed E-state index contributed by atoms with van der Waals surface area (Å²) in [5, 5.41) is 6.13. The number of carbonyl (C=O) groups is 1. The quantitative estimate of drug-likeness (QED) is 0.598. The molecule has 0 bridgehead atoms. The van der Waals surface area contributed by atoms with E-state index in [1.54, 1.807) is 12.1 Å². The van der Waals surface area contributed by atoms with Gasteiger partial charge in [0.15, 0.2) is 8.32 Å². The minimum Gasteiger partial charge on any atom is -0.417 e. The van der Waals surface area contributed by atoms with Gasteiger partial charge in [-0.1, -0.05) is 44.5 Å². The normalized spacial score (nSPS) is 13.5. The molecule has 0 spiro atoms. The topological polar surface area (TPSA) is 50.4 Å². The number of nitrogens with one attached hydrogen (secondary N) is 2. The summed E-state index contributed by atoms with van der Waals surface area (Å²) < 4.78 is 19.9. The summed E-state index contributed by atoms with van der Waals surface area (Å²) in [4.78, 5) is 11.9. The van der Waals surface area contributed by atoms with E-state index in [-0.39, 0.29) is 35.1 Å². The van der Waals surface area contributed by atoms with Crippen LogP contribution in [0.15, 0.2) is 18.2 Å². The molecule has 0 unspecified atom stereocenters. The number of amides is 1. The van der Waals surface area contributed by atoms with Crippen molar-refractivity contribution >= 4 is 25.8 Å². The molecule has 0 saturated heterocycles. The molecule has 0 fully saturated rings. The molecule has 1 aromatic rings. The largest absolute Gasteiger partial charge is 0.417 e. The van der Waals surface area contributed by atoms with E-state index in [2.05, 4.69) is 44.5 Å². The van der Waals surface area contributed by atoms with Crippen LogP contribution in [0.4, 0.5) is 4.39 Å². The molecular weight excluding hydrogens is 371 g/mol. The zero-order valence-electron chi connectivity index (χ0n) is 16.7. The van der Waals surface area contributed by atoms with Gasteiger partial charge < -0.3 is 15.1 Å². The molecule has 0 aliphatic carbocycles. The van der Waals surface area contributed by atoms with Gasteiger partial charge >= 0.3 is 0 Å². The van der Waals surface area contributed by atoms with Crippen molar-refractivity contribution in [3.8, 4) is 0 Å². The number of halogens is 2. The van der Waals surface area contributed by atoms with Crippen molar-refractivity contribution in [2.45, 2.75) is 64.8 Å². The summed E-state index contributed by atoms with van der Waals surface area (Å²) >= 11 is 5.73. The highest BCUT2D eigenvalue weighted by molar-refractivity contribution is 6.74. The predicted octanol–water partition coefficient (Wildman–Crippen LogP) is 4.49. The fraction of sp³-hybridized carbons (Fsp3) is 0.632. The first kappa shape index (κ1) is 23.1. The zero-order chi connectivity index (χ0) is 20.0. The number of rotatable bonds is 9. The Kier molecular flexibility index (Phi) is 8.73. The third kappa shape index (κ3) is 7.35. The van der Waals surface area contributed by atoms with Gasteiger partial charge in [0.05, 0.1) is 11.6 Å². The Morgan fingerprint density at radius 1 is 1.35 bits per heavy atom. The molecular formula is C19H32ClFN2O2Si. The number of benzene rings is 1. The van der Waals surface area contributed by atoms with Crippen molar-refractivity contribution in [1.29, 1.82) is 0 Å². The van der Waals surface area contributed by atoms with Crippen LogP contribution in [-0.4, -0.2) is 33.4 Å². The highest BCUT2D eigenvalue weighted by atomic mass is 35.5. The standard InChI is InChI=1S/C19H32ClFN2O2Si/c1-14(10-11-25-26(5,6)19(2,3)4)22-13-17(24)23-12-15-8-7-9-16(20)18(15)21/h7-9,14,22H,10-13H2,1-6H3,(H,23,24)/t14-/m1/s1. The van der Waals surface area contributed by atoms with Gasteiger partial charge in [0, 0.05) is 24.8 Å². The predicted molar refractivity (Wildman–Crippen MR) is 108 cm³/mol. The van der Waals surface area contributed by atoms with Crippen LogP contribution in [0.25, 0.3) is 0 Å². The van der Waals surface area contributed by atoms with Crippen LogP contribution in [0.3, 0.4) is 0 Å². The second-order valence-electron chi connectivity index (χ2n) is 8.17. The Balaban J connectivity index is 2.29. The lowest BCUT2D eigenvalue weighted by Gasteiger charge is -2.36. The van der Waals surface area contributed by atoms with Crippen molar-refractivity contribution in [3.05, 3.63) is 34.6 Å². The average molecular weight is 403 g/mol. The average Bonchev–Trinajstić information content (AvgIpc) is 2.53. The fourth-order valence-electron chi connectivity index (χ4n) is 2.02. The SMILES string of the molecule is C[C@H](CCO[Si](C)(C)C(C)(C)C)NCC(=O)NCc1cccc(Cl)c1F. The minimum atomic E-state index is -1.73. The molecule has 0 aromatic heterocycles.